The molecule has 0 spiro atoms. The van der Waals surface area contributed by atoms with Crippen LogP contribution in [-0.4, -0.2) is 25.5 Å². The van der Waals surface area contributed by atoms with Gasteiger partial charge in [0.1, 0.15) is 17.4 Å². The zero-order valence-corrected chi connectivity index (χ0v) is 22.3. The molecule has 2 aromatic heterocycles. The number of rotatable bonds is 11. The van der Waals surface area contributed by atoms with E-state index in [1.54, 1.807) is 0 Å². The molecule has 1 atom stereocenters. The average Bonchev–Trinajstić information content (AvgIpc) is 3.56. The first-order valence-corrected chi connectivity index (χ1v) is 13.8. The predicted octanol–water partition coefficient (Wildman–Crippen LogP) is 6.69. The summed E-state index contributed by atoms with van der Waals surface area (Å²) in [6.45, 7) is 8.82. The maximum Gasteiger partial charge on any atom is 0.138 e. The Labute approximate surface area is 215 Å². The fourth-order valence-corrected chi connectivity index (χ4v) is 6.01. The van der Waals surface area contributed by atoms with Crippen LogP contribution < -0.4 is 0 Å². The molecule has 3 aromatic rings. The molecule has 36 heavy (non-hydrogen) atoms. The predicted molar refractivity (Wildman–Crippen MR) is 143 cm³/mol. The summed E-state index contributed by atoms with van der Waals surface area (Å²) in [5, 5.41) is 9.56. The monoisotopic (exact) mass is 484 g/mol. The van der Waals surface area contributed by atoms with Gasteiger partial charge in [0.05, 0.1) is 0 Å². The highest BCUT2D eigenvalue weighted by Gasteiger charge is 2.39. The Hall–Kier alpha value is -2.82. The third kappa shape index (κ3) is 5.77. The molecule has 2 aliphatic carbocycles. The van der Waals surface area contributed by atoms with Gasteiger partial charge in [-0.3, -0.25) is 9.78 Å². The van der Waals surface area contributed by atoms with Crippen molar-refractivity contribution in [1.82, 2.24) is 19.7 Å². The van der Waals surface area contributed by atoms with Crippen LogP contribution in [0.15, 0.2) is 42.6 Å². The summed E-state index contributed by atoms with van der Waals surface area (Å²) in [4.78, 5) is 18.0. The smallest absolute Gasteiger partial charge is 0.138 e. The number of pyridine rings is 1. The summed E-state index contributed by atoms with van der Waals surface area (Å²) < 4.78 is 2.44. The van der Waals surface area contributed by atoms with Crippen molar-refractivity contribution >= 4 is 5.78 Å². The molecule has 0 N–H and O–H groups in total. The van der Waals surface area contributed by atoms with E-state index in [2.05, 4.69) is 61.5 Å². The lowest BCUT2D eigenvalue weighted by Gasteiger charge is -2.36. The molecule has 0 amide bonds. The maximum atomic E-state index is 13.4. The van der Waals surface area contributed by atoms with Crippen molar-refractivity contribution in [3.63, 3.8) is 0 Å². The van der Waals surface area contributed by atoms with Crippen molar-refractivity contribution in [3.8, 4) is 0 Å². The zero-order chi connectivity index (χ0) is 25.2. The maximum absolute atomic E-state index is 13.4. The molecule has 1 aromatic carbocycles. The molecule has 2 aliphatic rings. The molecule has 2 saturated carbocycles. The molecule has 190 valence electrons. The minimum atomic E-state index is -0.00783. The second kappa shape index (κ2) is 10.7. The molecule has 5 nitrogen and oxygen atoms in total. The molecule has 0 saturated heterocycles. The van der Waals surface area contributed by atoms with Gasteiger partial charge in [-0.1, -0.05) is 43.7 Å². The molecule has 0 bridgehead atoms. The minimum Gasteiger partial charge on any atom is -0.311 e. The van der Waals surface area contributed by atoms with Crippen LogP contribution >= 0.6 is 0 Å². The lowest BCUT2D eigenvalue weighted by molar-refractivity contribution is -0.118. The molecule has 5 heteroatoms. The summed E-state index contributed by atoms with van der Waals surface area (Å²) in [7, 11) is 0. The zero-order valence-electron chi connectivity index (χ0n) is 22.3. The largest absolute Gasteiger partial charge is 0.311 e. The van der Waals surface area contributed by atoms with Crippen LogP contribution in [0.4, 0.5) is 0 Å². The van der Waals surface area contributed by atoms with Gasteiger partial charge in [0.25, 0.3) is 0 Å². The fraction of sp³-hybridized carbons (Fsp3) is 0.548. The van der Waals surface area contributed by atoms with Crippen LogP contribution in [0.1, 0.15) is 104 Å². The van der Waals surface area contributed by atoms with Gasteiger partial charge >= 0.3 is 0 Å². The minimum absolute atomic E-state index is 0.00783. The number of carbonyl (C=O) groups is 1. The van der Waals surface area contributed by atoms with E-state index in [4.69, 9.17) is 10.2 Å². The van der Waals surface area contributed by atoms with Crippen LogP contribution in [0.2, 0.25) is 0 Å². The third-order valence-electron chi connectivity index (χ3n) is 7.97. The van der Waals surface area contributed by atoms with Crippen LogP contribution in [0.3, 0.4) is 0 Å². The quantitative estimate of drug-likeness (QED) is 0.304. The lowest BCUT2D eigenvalue weighted by atomic mass is 9.71. The Bertz CT molecular complexity index is 1190. The number of ketones is 1. The van der Waals surface area contributed by atoms with Crippen LogP contribution in [0.25, 0.3) is 0 Å². The molecular formula is C31H40N4O. The van der Waals surface area contributed by atoms with Crippen LogP contribution in [-0.2, 0) is 17.6 Å². The lowest BCUT2D eigenvalue weighted by Crippen LogP contribution is -2.26. The number of hydrogen-bond donors (Lipinski definition) is 0. The first-order valence-electron chi connectivity index (χ1n) is 13.8. The number of nitrogens with zero attached hydrogens (tertiary/aromatic N) is 4. The van der Waals surface area contributed by atoms with Crippen molar-refractivity contribution in [2.75, 3.05) is 0 Å². The van der Waals surface area contributed by atoms with Crippen molar-refractivity contribution in [1.29, 1.82) is 0 Å². The molecule has 2 heterocycles. The SMILES string of the molecule is Cc1ccc(CC(=O)CC(Cc2ccccn2)c2nnc(C3CC(CC(C)C)C3)n2C2CC2)c(C)c1. The number of carbonyl (C=O) groups excluding carboxylic acids is 1. The van der Waals surface area contributed by atoms with E-state index in [9.17, 15) is 4.79 Å². The van der Waals surface area contributed by atoms with Gasteiger partial charge in [-0.25, -0.2) is 0 Å². The first kappa shape index (κ1) is 24.9. The average molecular weight is 485 g/mol. The van der Waals surface area contributed by atoms with Gasteiger partial charge in [0.2, 0.25) is 0 Å². The van der Waals surface area contributed by atoms with Crippen molar-refractivity contribution in [2.45, 2.75) is 96.9 Å². The Morgan fingerprint density at radius 1 is 1.08 bits per heavy atom. The van der Waals surface area contributed by atoms with Gasteiger partial charge in [0.15, 0.2) is 0 Å². The topological polar surface area (TPSA) is 60.7 Å². The highest BCUT2D eigenvalue weighted by Crippen LogP contribution is 2.48. The number of aryl methyl sites for hydroxylation is 2. The Morgan fingerprint density at radius 2 is 1.89 bits per heavy atom. The van der Waals surface area contributed by atoms with E-state index in [0.29, 0.717) is 31.2 Å². The fourth-order valence-electron chi connectivity index (χ4n) is 6.01. The molecule has 0 aliphatic heterocycles. The van der Waals surface area contributed by atoms with E-state index in [1.807, 2.05) is 18.3 Å². The summed E-state index contributed by atoms with van der Waals surface area (Å²) >= 11 is 0. The van der Waals surface area contributed by atoms with E-state index >= 15 is 0 Å². The van der Waals surface area contributed by atoms with E-state index in [1.165, 1.54) is 49.1 Å². The van der Waals surface area contributed by atoms with Crippen LogP contribution in [0, 0.1) is 25.7 Å². The van der Waals surface area contributed by atoms with Crippen molar-refractivity contribution in [2.24, 2.45) is 11.8 Å². The van der Waals surface area contributed by atoms with Gasteiger partial charge < -0.3 is 4.57 Å². The Kier molecular flexibility index (Phi) is 7.36. The van der Waals surface area contributed by atoms with Gasteiger partial charge in [-0.2, -0.15) is 0 Å². The summed E-state index contributed by atoms with van der Waals surface area (Å²) in [5.41, 5.74) is 4.55. The molecule has 5 rings (SSSR count). The van der Waals surface area contributed by atoms with Gasteiger partial charge in [-0.05, 0) is 87.5 Å². The van der Waals surface area contributed by atoms with E-state index in [0.717, 1.165) is 28.9 Å². The number of aromatic nitrogens is 4. The molecule has 0 radical (unpaired) electrons. The van der Waals surface area contributed by atoms with Crippen molar-refractivity contribution < 1.29 is 4.79 Å². The highest BCUT2D eigenvalue weighted by atomic mass is 16.1. The highest BCUT2D eigenvalue weighted by molar-refractivity contribution is 5.82. The Balaban J connectivity index is 1.38. The van der Waals surface area contributed by atoms with Gasteiger partial charge in [-0.15, -0.1) is 10.2 Å². The standard InChI is InChI=1S/C31H40N4O/c1-20(2)13-23-15-25(16-23)30-33-34-31(35(30)28-10-11-28)26(17-27-7-5-6-12-32-27)19-29(36)18-24-9-8-21(3)14-22(24)4/h5-9,12,14,20,23,25-26,28H,10-11,13,15-19H2,1-4H3. The number of benzene rings is 1. The summed E-state index contributed by atoms with van der Waals surface area (Å²) in [5.74, 6) is 4.49. The summed E-state index contributed by atoms with van der Waals surface area (Å²) in [6.07, 6.45) is 9.61. The van der Waals surface area contributed by atoms with Gasteiger partial charge in [0, 0.05) is 42.6 Å². The first-order chi connectivity index (χ1) is 17.4. The second-order valence-electron chi connectivity index (χ2n) is 11.8. The van der Waals surface area contributed by atoms with E-state index < -0.39 is 0 Å². The number of Topliss-reactive ketones (excluding diaryl/α,β-unsaturated/α-hetero) is 1. The van der Waals surface area contributed by atoms with Crippen LogP contribution in [0.5, 0.6) is 0 Å². The third-order valence-corrected chi connectivity index (χ3v) is 7.97. The Morgan fingerprint density at radius 3 is 2.56 bits per heavy atom. The molecule has 1 unspecified atom stereocenters. The van der Waals surface area contributed by atoms with Crippen molar-refractivity contribution in [3.05, 3.63) is 76.6 Å². The summed E-state index contributed by atoms with van der Waals surface area (Å²) in [6, 6.07) is 12.9. The second-order valence-corrected chi connectivity index (χ2v) is 11.8. The molecule has 2 fully saturated rings. The number of hydrogen-bond acceptors (Lipinski definition) is 4. The van der Waals surface area contributed by atoms with E-state index in [-0.39, 0.29) is 11.7 Å². The normalized spacial score (nSPS) is 20.4. The molecular weight excluding hydrogens is 444 g/mol.